The summed E-state index contributed by atoms with van der Waals surface area (Å²) in [6.07, 6.45) is -1.89. The fourth-order valence-corrected chi connectivity index (χ4v) is 1.56. The fraction of sp³-hybridized carbons (Fsp3) is 0.385. The van der Waals surface area contributed by atoms with Crippen molar-refractivity contribution in [3.8, 4) is 0 Å². The van der Waals surface area contributed by atoms with Crippen LogP contribution >= 0.6 is 0 Å². The maximum atomic E-state index is 11.5. The molecule has 2 rings (SSSR count). The highest BCUT2D eigenvalue weighted by molar-refractivity contribution is 5.93. The van der Waals surface area contributed by atoms with Gasteiger partial charge in [-0.2, -0.15) is 0 Å². The lowest BCUT2D eigenvalue weighted by Crippen LogP contribution is -2.25. The highest BCUT2D eigenvalue weighted by atomic mass is 16.8. The zero-order valence-corrected chi connectivity index (χ0v) is 10.4. The van der Waals surface area contributed by atoms with Gasteiger partial charge >= 0.3 is 12.1 Å². The van der Waals surface area contributed by atoms with Crippen LogP contribution in [0.2, 0.25) is 0 Å². The Balaban J connectivity index is 2.09. The number of fused-ring (bicyclic) bond motifs is 1. The molecule has 0 fully saturated rings. The first-order chi connectivity index (χ1) is 8.37. The van der Waals surface area contributed by atoms with E-state index < -0.39 is 24.0 Å². The first-order valence-electron chi connectivity index (χ1n) is 5.56. The zero-order valence-electron chi connectivity index (χ0n) is 10.4. The molecule has 1 aliphatic rings. The minimum absolute atomic E-state index is 0.408. The number of benzene rings is 1. The van der Waals surface area contributed by atoms with Crippen molar-refractivity contribution in [3.63, 3.8) is 0 Å². The number of carbonyl (C=O) groups excluding carboxylic acids is 2. The van der Waals surface area contributed by atoms with Gasteiger partial charge in [-0.25, -0.2) is 9.59 Å². The maximum absolute atomic E-state index is 11.5. The molecule has 1 atom stereocenters. The molecule has 18 heavy (non-hydrogen) atoms. The average molecular weight is 250 g/mol. The van der Waals surface area contributed by atoms with Crippen molar-refractivity contribution in [2.24, 2.45) is 0 Å². The fourth-order valence-electron chi connectivity index (χ4n) is 1.56. The molecule has 0 aromatic heterocycles. The van der Waals surface area contributed by atoms with E-state index in [-0.39, 0.29) is 0 Å². The van der Waals surface area contributed by atoms with Gasteiger partial charge in [0.05, 0.1) is 5.56 Å². The van der Waals surface area contributed by atoms with Crippen LogP contribution in [0.4, 0.5) is 4.79 Å². The predicted octanol–water partition coefficient (Wildman–Crippen LogP) is 2.81. The van der Waals surface area contributed by atoms with Crippen molar-refractivity contribution in [1.82, 2.24) is 0 Å². The minimum atomic E-state index is -1.02. The van der Waals surface area contributed by atoms with Gasteiger partial charge in [-0.15, -0.1) is 0 Å². The number of rotatable bonds is 1. The van der Waals surface area contributed by atoms with Crippen molar-refractivity contribution < 1.29 is 23.8 Å². The van der Waals surface area contributed by atoms with Gasteiger partial charge in [0, 0.05) is 5.56 Å². The Hall–Kier alpha value is -2.04. The lowest BCUT2D eigenvalue weighted by molar-refractivity contribution is -0.102. The van der Waals surface area contributed by atoms with Crippen molar-refractivity contribution in [1.29, 1.82) is 0 Å². The second-order valence-electron chi connectivity index (χ2n) is 4.91. The van der Waals surface area contributed by atoms with Gasteiger partial charge in [-0.1, -0.05) is 18.2 Å². The lowest BCUT2D eigenvalue weighted by Gasteiger charge is -2.20. The van der Waals surface area contributed by atoms with Gasteiger partial charge in [0.25, 0.3) is 6.29 Å². The van der Waals surface area contributed by atoms with Crippen LogP contribution in [0, 0.1) is 0 Å². The zero-order chi connectivity index (χ0) is 13.3. The first kappa shape index (κ1) is 12.4. The molecule has 0 spiro atoms. The van der Waals surface area contributed by atoms with Crippen molar-refractivity contribution in [2.75, 3.05) is 0 Å². The van der Waals surface area contributed by atoms with E-state index >= 15 is 0 Å². The molecular formula is C13H14O5. The normalized spacial score (nSPS) is 17.9. The van der Waals surface area contributed by atoms with Crippen LogP contribution < -0.4 is 0 Å². The van der Waals surface area contributed by atoms with Crippen LogP contribution in [-0.2, 0) is 14.2 Å². The van der Waals surface area contributed by atoms with Gasteiger partial charge in [-0.3, -0.25) is 0 Å². The second kappa shape index (κ2) is 4.33. The van der Waals surface area contributed by atoms with E-state index in [1.54, 1.807) is 45.0 Å². The van der Waals surface area contributed by atoms with E-state index in [1.165, 1.54) is 0 Å². The highest BCUT2D eigenvalue weighted by Crippen LogP contribution is 2.31. The molecule has 96 valence electrons. The molecule has 0 aliphatic carbocycles. The molecule has 5 heteroatoms. The Morgan fingerprint density at radius 3 is 2.61 bits per heavy atom. The van der Waals surface area contributed by atoms with Crippen molar-refractivity contribution in [3.05, 3.63) is 35.4 Å². The average Bonchev–Trinajstić information content (AvgIpc) is 2.54. The Kier molecular flexibility index (Phi) is 2.98. The molecule has 0 saturated heterocycles. The summed E-state index contributed by atoms with van der Waals surface area (Å²) in [7, 11) is 0. The number of cyclic esters (lactones) is 1. The summed E-state index contributed by atoms with van der Waals surface area (Å²) in [6.45, 7) is 5.18. The summed E-state index contributed by atoms with van der Waals surface area (Å²) in [4.78, 5) is 23.0. The van der Waals surface area contributed by atoms with Crippen LogP contribution in [0.25, 0.3) is 0 Å². The van der Waals surface area contributed by atoms with Gasteiger partial charge < -0.3 is 14.2 Å². The van der Waals surface area contributed by atoms with E-state index in [1.807, 2.05) is 0 Å². The first-order valence-corrected chi connectivity index (χ1v) is 5.56. The molecule has 1 heterocycles. The van der Waals surface area contributed by atoms with Gasteiger partial charge in [0.15, 0.2) is 0 Å². The topological polar surface area (TPSA) is 61.8 Å². The smallest absolute Gasteiger partial charge is 0.428 e. The molecule has 1 aromatic rings. The Bertz CT molecular complexity index is 486. The van der Waals surface area contributed by atoms with Crippen LogP contribution in [0.1, 0.15) is 43.0 Å². The summed E-state index contributed by atoms with van der Waals surface area (Å²) in [6, 6.07) is 6.76. The molecule has 5 nitrogen and oxygen atoms in total. The maximum Gasteiger partial charge on any atom is 0.512 e. The van der Waals surface area contributed by atoms with Gasteiger partial charge in [0.2, 0.25) is 0 Å². The van der Waals surface area contributed by atoms with Gasteiger partial charge in [0.1, 0.15) is 5.60 Å². The SMILES string of the molecule is CC(C)(C)OC(=O)O[C@@H]1OC(=O)c2ccccc21. The third kappa shape index (κ3) is 2.61. The van der Waals surface area contributed by atoms with E-state index in [0.29, 0.717) is 11.1 Å². The Labute approximate surface area is 105 Å². The molecule has 1 aromatic carbocycles. The monoisotopic (exact) mass is 250 g/mol. The van der Waals surface area contributed by atoms with Crippen molar-refractivity contribution >= 4 is 12.1 Å². The summed E-state index contributed by atoms with van der Waals surface area (Å²) in [5.74, 6) is -0.501. The van der Waals surface area contributed by atoms with Crippen LogP contribution in [0.15, 0.2) is 24.3 Å². The van der Waals surface area contributed by atoms with E-state index in [2.05, 4.69) is 0 Å². The van der Waals surface area contributed by atoms with E-state index in [9.17, 15) is 9.59 Å². The lowest BCUT2D eigenvalue weighted by atomic mass is 10.1. The number of hydrogen-bond acceptors (Lipinski definition) is 5. The highest BCUT2D eigenvalue weighted by Gasteiger charge is 2.34. The summed E-state index contributed by atoms with van der Waals surface area (Å²) in [5, 5.41) is 0. The quantitative estimate of drug-likeness (QED) is 0.717. The Morgan fingerprint density at radius 1 is 1.28 bits per heavy atom. The molecule has 0 unspecified atom stereocenters. The number of ether oxygens (including phenoxy) is 3. The number of esters is 1. The molecule has 0 N–H and O–H groups in total. The van der Waals surface area contributed by atoms with Crippen LogP contribution in [0.5, 0.6) is 0 Å². The standard InChI is InChI=1S/C13H14O5/c1-13(2,3)18-12(15)17-11-9-7-5-4-6-8(9)10(14)16-11/h4-7,11H,1-3H3/t11-/m0/s1. The summed E-state index contributed by atoms with van der Waals surface area (Å²) < 4.78 is 14.9. The molecule has 0 bridgehead atoms. The number of carbonyl (C=O) groups is 2. The van der Waals surface area contributed by atoms with Crippen LogP contribution in [0.3, 0.4) is 0 Å². The van der Waals surface area contributed by atoms with E-state index in [0.717, 1.165) is 0 Å². The second-order valence-corrected chi connectivity index (χ2v) is 4.91. The summed E-state index contributed by atoms with van der Waals surface area (Å²) >= 11 is 0. The third-order valence-corrected chi connectivity index (χ3v) is 2.24. The molecule has 0 saturated carbocycles. The summed E-state index contributed by atoms with van der Waals surface area (Å²) in [5.41, 5.74) is 0.290. The minimum Gasteiger partial charge on any atom is -0.428 e. The number of hydrogen-bond donors (Lipinski definition) is 0. The van der Waals surface area contributed by atoms with Gasteiger partial charge in [-0.05, 0) is 26.8 Å². The van der Waals surface area contributed by atoms with E-state index in [4.69, 9.17) is 14.2 Å². The third-order valence-electron chi connectivity index (χ3n) is 2.24. The molecular weight excluding hydrogens is 236 g/mol. The molecule has 0 amide bonds. The molecule has 0 radical (unpaired) electrons. The molecule has 1 aliphatic heterocycles. The predicted molar refractivity (Wildman–Crippen MR) is 61.9 cm³/mol. The van der Waals surface area contributed by atoms with Crippen LogP contribution in [-0.4, -0.2) is 17.7 Å². The van der Waals surface area contributed by atoms with Crippen molar-refractivity contribution in [2.45, 2.75) is 32.7 Å². The Morgan fingerprint density at radius 2 is 1.94 bits per heavy atom. The largest absolute Gasteiger partial charge is 0.512 e.